The molecular weight excluding hydrogens is 458 g/mol. The summed E-state index contributed by atoms with van der Waals surface area (Å²) in [7, 11) is 3.47. The van der Waals surface area contributed by atoms with Crippen LogP contribution in [0.5, 0.6) is 0 Å². The molecule has 1 aliphatic carbocycles. The molecule has 0 unspecified atom stereocenters. The van der Waals surface area contributed by atoms with Gasteiger partial charge in [-0.2, -0.15) is 0 Å². The summed E-state index contributed by atoms with van der Waals surface area (Å²) in [5, 5.41) is 8.51. The predicted molar refractivity (Wildman–Crippen MR) is 142 cm³/mol. The zero-order valence-electron chi connectivity index (χ0n) is 20.1. The van der Waals surface area contributed by atoms with Gasteiger partial charge in [0.15, 0.2) is 5.13 Å². The summed E-state index contributed by atoms with van der Waals surface area (Å²) in [6.45, 7) is 0.842. The Labute approximate surface area is 208 Å². The third-order valence-electron chi connectivity index (χ3n) is 6.76. The molecule has 3 N–H and O–H groups in total. The van der Waals surface area contributed by atoms with E-state index in [1.54, 1.807) is 25.1 Å². The highest BCUT2D eigenvalue weighted by atomic mass is 32.1. The molecule has 1 saturated carbocycles. The number of H-pyrrole nitrogens is 1. The standard InChI is InChI=1S/C27H31N5O2S/c1-32(2)26(34)20-7-9-23-24(15-20)35-27(30-23)31-25(33)14-17-4-3-5-21(13-17)29-16-18-6-8-22-19(12-18)10-11-28-22/h6-12,15,17,21,28-29H,3-5,13-14,16H2,1-2H3,(H,30,31,33)/t17-,21+/m1/s1. The Morgan fingerprint density at radius 1 is 1.14 bits per heavy atom. The summed E-state index contributed by atoms with van der Waals surface area (Å²) >= 11 is 1.41. The number of nitrogens with one attached hydrogen (secondary N) is 3. The molecule has 2 amide bonds. The maximum absolute atomic E-state index is 12.8. The van der Waals surface area contributed by atoms with Gasteiger partial charge < -0.3 is 20.5 Å². The average Bonchev–Trinajstić information content (AvgIpc) is 3.47. The molecule has 35 heavy (non-hydrogen) atoms. The molecule has 7 nitrogen and oxygen atoms in total. The van der Waals surface area contributed by atoms with Crippen LogP contribution in [-0.4, -0.2) is 46.8 Å². The Bertz CT molecular complexity index is 1360. The van der Waals surface area contributed by atoms with Gasteiger partial charge in [0.1, 0.15) is 0 Å². The summed E-state index contributed by atoms with van der Waals surface area (Å²) in [6.07, 6.45) is 6.85. The summed E-state index contributed by atoms with van der Waals surface area (Å²) in [5.74, 6) is 0.334. The van der Waals surface area contributed by atoms with E-state index in [0.717, 1.165) is 48.0 Å². The van der Waals surface area contributed by atoms with Crippen LogP contribution in [0.25, 0.3) is 21.1 Å². The lowest BCUT2D eigenvalue weighted by Gasteiger charge is -2.29. The Kier molecular flexibility index (Phi) is 6.83. The second kappa shape index (κ2) is 10.2. The topological polar surface area (TPSA) is 90.1 Å². The average molecular weight is 490 g/mol. The van der Waals surface area contributed by atoms with Crippen molar-refractivity contribution in [1.82, 2.24) is 20.2 Å². The highest BCUT2D eigenvalue weighted by Gasteiger charge is 2.24. The zero-order chi connectivity index (χ0) is 24.4. The van der Waals surface area contributed by atoms with Gasteiger partial charge in [0.25, 0.3) is 5.91 Å². The van der Waals surface area contributed by atoms with Crippen LogP contribution in [0.1, 0.15) is 48.0 Å². The fraction of sp³-hybridized carbons (Fsp3) is 0.370. The number of benzene rings is 2. The molecule has 2 heterocycles. The fourth-order valence-electron chi connectivity index (χ4n) is 4.94. The maximum Gasteiger partial charge on any atom is 0.253 e. The van der Waals surface area contributed by atoms with Gasteiger partial charge in [-0.3, -0.25) is 9.59 Å². The van der Waals surface area contributed by atoms with E-state index < -0.39 is 0 Å². The number of hydrogen-bond donors (Lipinski definition) is 3. The second-order valence-corrected chi connectivity index (χ2v) is 10.7. The Hall–Kier alpha value is -3.23. The lowest BCUT2D eigenvalue weighted by molar-refractivity contribution is -0.117. The SMILES string of the molecule is CN(C)C(=O)c1ccc2nc(NC(=O)C[C@@H]3CCC[C@H](NCc4ccc5[nH]ccc5c4)C3)sc2c1. The van der Waals surface area contributed by atoms with E-state index in [4.69, 9.17) is 0 Å². The summed E-state index contributed by atoms with van der Waals surface area (Å²) < 4.78 is 0.896. The number of hydrogen-bond acceptors (Lipinski definition) is 5. The maximum atomic E-state index is 12.8. The molecule has 182 valence electrons. The van der Waals surface area contributed by atoms with E-state index in [-0.39, 0.29) is 11.8 Å². The van der Waals surface area contributed by atoms with E-state index in [0.29, 0.717) is 29.1 Å². The van der Waals surface area contributed by atoms with Gasteiger partial charge in [-0.05, 0) is 72.5 Å². The van der Waals surface area contributed by atoms with Gasteiger partial charge in [-0.25, -0.2) is 4.98 Å². The van der Waals surface area contributed by atoms with Gasteiger partial charge >= 0.3 is 0 Å². The Balaban J connectivity index is 1.14. The normalized spacial score (nSPS) is 18.1. The summed E-state index contributed by atoms with van der Waals surface area (Å²) in [6, 6.07) is 14.5. The number of nitrogens with zero attached hydrogens (tertiary/aromatic N) is 2. The second-order valence-electron chi connectivity index (χ2n) is 9.66. The fourth-order valence-corrected chi connectivity index (χ4v) is 5.86. The van der Waals surface area contributed by atoms with Crippen LogP contribution in [0.2, 0.25) is 0 Å². The van der Waals surface area contributed by atoms with Crippen molar-refractivity contribution in [3.63, 3.8) is 0 Å². The van der Waals surface area contributed by atoms with Crippen LogP contribution in [0.4, 0.5) is 5.13 Å². The number of aromatic amines is 1. The number of carbonyl (C=O) groups excluding carboxylic acids is 2. The molecular formula is C27H31N5O2S. The lowest BCUT2D eigenvalue weighted by Crippen LogP contribution is -2.34. The summed E-state index contributed by atoms with van der Waals surface area (Å²) in [4.78, 5) is 34.3. The van der Waals surface area contributed by atoms with E-state index in [1.807, 2.05) is 18.3 Å². The van der Waals surface area contributed by atoms with Gasteiger partial charge in [0.05, 0.1) is 10.2 Å². The number of rotatable bonds is 7. The minimum atomic E-state index is -0.0450. The van der Waals surface area contributed by atoms with Crippen molar-refractivity contribution in [2.45, 2.75) is 44.7 Å². The van der Waals surface area contributed by atoms with Crippen LogP contribution in [0.3, 0.4) is 0 Å². The number of thiazole rings is 1. The molecule has 0 aliphatic heterocycles. The number of carbonyl (C=O) groups is 2. The third kappa shape index (κ3) is 5.55. The first-order valence-electron chi connectivity index (χ1n) is 12.2. The minimum Gasteiger partial charge on any atom is -0.361 e. The molecule has 0 radical (unpaired) electrons. The number of anilines is 1. The molecule has 2 atom stereocenters. The van der Waals surface area contributed by atoms with Crippen molar-refractivity contribution in [2.24, 2.45) is 5.92 Å². The van der Waals surface area contributed by atoms with Gasteiger partial charge in [0.2, 0.25) is 5.91 Å². The molecule has 0 saturated heterocycles. The number of fused-ring (bicyclic) bond motifs is 2. The van der Waals surface area contributed by atoms with Gasteiger partial charge in [-0.15, -0.1) is 0 Å². The van der Waals surface area contributed by atoms with E-state index in [9.17, 15) is 9.59 Å². The van der Waals surface area contributed by atoms with Gasteiger partial charge in [0, 0.05) is 50.4 Å². The quantitative estimate of drug-likeness (QED) is 0.335. The van der Waals surface area contributed by atoms with Crippen molar-refractivity contribution in [3.8, 4) is 0 Å². The largest absolute Gasteiger partial charge is 0.361 e. The third-order valence-corrected chi connectivity index (χ3v) is 7.69. The van der Waals surface area contributed by atoms with E-state index in [2.05, 4.69) is 44.9 Å². The van der Waals surface area contributed by atoms with Crippen LogP contribution in [-0.2, 0) is 11.3 Å². The molecule has 8 heteroatoms. The first kappa shape index (κ1) is 23.5. The van der Waals surface area contributed by atoms with Crippen molar-refractivity contribution in [1.29, 1.82) is 0 Å². The predicted octanol–water partition coefficient (Wildman–Crippen LogP) is 5.16. The number of aromatic nitrogens is 2. The smallest absolute Gasteiger partial charge is 0.253 e. The Morgan fingerprint density at radius 3 is 2.89 bits per heavy atom. The van der Waals surface area contributed by atoms with Crippen LogP contribution in [0, 0.1) is 5.92 Å². The molecule has 1 fully saturated rings. The molecule has 5 rings (SSSR count). The van der Waals surface area contributed by atoms with Crippen molar-refractivity contribution in [2.75, 3.05) is 19.4 Å². The number of amides is 2. The van der Waals surface area contributed by atoms with Crippen LogP contribution in [0.15, 0.2) is 48.7 Å². The highest BCUT2D eigenvalue weighted by molar-refractivity contribution is 7.22. The first-order valence-corrected chi connectivity index (χ1v) is 13.0. The monoisotopic (exact) mass is 489 g/mol. The molecule has 2 aromatic carbocycles. The molecule has 4 aromatic rings. The van der Waals surface area contributed by atoms with Crippen LogP contribution >= 0.6 is 11.3 Å². The molecule has 2 aromatic heterocycles. The van der Waals surface area contributed by atoms with Gasteiger partial charge in [-0.1, -0.05) is 23.8 Å². The van der Waals surface area contributed by atoms with E-state index >= 15 is 0 Å². The first-order chi connectivity index (χ1) is 16.9. The zero-order valence-corrected chi connectivity index (χ0v) is 21.0. The molecule has 1 aliphatic rings. The molecule has 0 spiro atoms. The lowest BCUT2D eigenvalue weighted by atomic mass is 9.83. The van der Waals surface area contributed by atoms with Crippen molar-refractivity contribution in [3.05, 3.63) is 59.8 Å². The van der Waals surface area contributed by atoms with E-state index in [1.165, 1.54) is 22.3 Å². The highest BCUT2D eigenvalue weighted by Crippen LogP contribution is 2.30. The molecule has 0 bridgehead atoms. The minimum absolute atomic E-state index is 0.0113. The summed E-state index contributed by atoms with van der Waals surface area (Å²) in [5.41, 5.74) is 3.86. The Morgan fingerprint density at radius 2 is 2.03 bits per heavy atom. The van der Waals surface area contributed by atoms with Crippen molar-refractivity contribution < 1.29 is 9.59 Å². The van der Waals surface area contributed by atoms with Crippen LogP contribution < -0.4 is 10.6 Å². The van der Waals surface area contributed by atoms with Crippen molar-refractivity contribution >= 4 is 49.4 Å².